The molecule has 8 rings (SSSR count). The molecular weight excluding hydrogens is 753 g/mol. The van der Waals surface area contributed by atoms with Crippen LogP contribution in [0.1, 0.15) is 76.3 Å². The predicted molar refractivity (Wildman–Crippen MR) is 230 cm³/mol. The molecule has 2 aliphatic rings. The molecular formula is C43H56N10O6. The Hall–Kier alpha value is -5.90. The Morgan fingerprint density at radius 3 is 1.88 bits per heavy atom. The van der Waals surface area contributed by atoms with Crippen LogP contribution >= 0.6 is 0 Å². The van der Waals surface area contributed by atoms with Gasteiger partial charge in [-0.3, -0.25) is 37.0 Å². The monoisotopic (exact) mass is 808 g/mol. The van der Waals surface area contributed by atoms with Crippen molar-refractivity contribution in [3.63, 3.8) is 0 Å². The lowest BCUT2D eigenvalue weighted by Crippen LogP contribution is -2.40. The number of methoxy groups -OCH3 is 1. The summed E-state index contributed by atoms with van der Waals surface area (Å²) in [7, 11) is 6.29. The Kier molecular flexibility index (Phi) is 12.0. The maximum atomic E-state index is 13.3. The lowest BCUT2D eigenvalue weighted by Gasteiger charge is -2.28. The summed E-state index contributed by atoms with van der Waals surface area (Å²) in [5.74, 6) is 2.11. The van der Waals surface area contributed by atoms with E-state index >= 15 is 0 Å². The third kappa shape index (κ3) is 8.22. The number of anilines is 2. The van der Waals surface area contributed by atoms with Crippen LogP contribution in [0.2, 0.25) is 0 Å². The summed E-state index contributed by atoms with van der Waals surface area (Å²) in [4.78, 5) is 60.8. The van der Waals surface area contributed by atoms with Crippen molar-refractivity contribution in [2.24, 2.45) is 27.1 Å². The van der Waals surface area contributed by atoms with E-state index in [1.54, 1.807) is 18.7 Å². The minimum atomic E-state index is -0.479. The maximum Gasteiger partial charge on any atom is 0.332 e. The molecule has 16 heteroatoms. The molecule has 0 bridgehead atoms. The van der Waals surface area contributed by atoms with Gasteiger partial charge in [-0.05, 0) is 54.9 Å². The summed E-state index contributed by atoms with van der Waals surface area (Å²) in [6.45, 7) is 5.40. The number of fused-ring (bicyclic) bond motifs is 2. The van der Waals surface area contributed by atoms with E-state index in [1.165, 1.54) is 31.5 Å². The molecule has 0 aliphatic heterocycles. The number of nitrogens with zero attached hydrogens (tertiary/aromatic N) is 8. The molecule has 314 valence electrons. The van der Waals surface area contributed by atoms with E-state index in [1.807, 2.05) is 77.6 Å². The first-order chi connectivity index (χ1) is 28.3. The van der Waals surface area contributed by atoms with Crippen molar-refractivity contribution < 1.29 is 9.84 Å². The summed E-state index contributed by atoms with van der Waals surface area (Å²) >= 11 is 0. The average Bonchev–Trinajstić information content (AvgIpc) is 4.07. The van der Waals surface area contributed by atoms with Crippen LogP contribution < -0.4 is 37.9 Å². The predicted octanol–water partition coefficient (Wildman–Crippen LogP) is 4.16. The first-order valence-electron chi connectivity index (χ1n) is 20.5. The molecule has 6 aromatic rings. The summed E-state index contributed by atoms with van der Waals surface area (Å²) in [5, 5.41) is 17.1. The number of aliphatic hydroxyl groups is 1. The van der Waals surface area contributed by atoms with Crippen LogP contribution in [-0.2, 0) is 40.8 Å². The minimum Gasteiger partial charge on any atom is -0.497 e. The largest absolute Gasteiger partial charge is 0.497 e. The van der Waals surface area contributed by atoms with Gasteiger partial charge >= 0.3 is 11.4 Å². The summed E-state index contributed by atoms with van der Waals surface area (Å²) < 4.78 is 14.3. The zero-order valence-corrected chi connectivity index (χ0v) is 34.9. The second kappa shape index (κ2) is 17.1. The molecule has 0 unspecified atom stereocenters. The Labute approximate surface area is 341 Å². The van der Waals surface area contributed by atoms with Crippen molar-refractivity contribution in [1.82, 2.24) is 37.4 Å². The number of hydrogen-bond donors (Lipinski definition) is 3. The Morgan fingerprint density at radius 2 is 1.29 bits per heavy atom. The van der Waals surface area contributed by atoms with Crippen molar-refractivity contribution in [3.05, 3.63) is 107 Å². The van der Waals surface area contributed by atoms with E-state index in [4.69, 9.17) is 9.72 Å². The van der Waals surface area contributed by atoms with Crippen molar-refractivity contribution in [2.45, 2.75) is 96.4 Å². The first kappa shape index (κ1) is 41.3. The maximum absolute atomic E-state index is 13.3. The zero-order valence-electron chi connectivity index (χ0n) is 34.9. The average molecular weight is 809 g/mol. The number of aryl methyl sites for hydroxylation is 1. The van der Waals surface area contributed by atoms with E-state index in [0.29, 0.717) is 59.9 Å². The fraction of sp³-hybridized carbons (Fsp3) is 0.488. The number of ether oxygens (including phenoxy) is 1. The van der Waals surface area contributed by atoms with Gasteiger partial charge in [-0.2, -0.15) is 9.97 Å². The highest BCUT2D eigenvalue weighted by Gasteiger charge is 2.35. The number of nitrogens with one attached hydrogen (secondary N) is 2. The summed E-state index contributed by atoms with van der Waals surface area (Å²) in [5.41, 5.74) is 1.77. The molecule has 4 aromatic heterocycles. The molecule has 2 aliphatic carbocycles. The molecule has 16 nitrogen and oxygen atoms in total. The molecule has 0 spiro atoms. The number of benzene rings is 2. The van der Waals surface area contributed by atoms with Crippen LogP contribution in [0.15, 0.2) is 73.8 Å². The fourth-order valence-electron chi connectivity index (χ4n) is 8.39. The van der Waals surface area contributed by atoms with Gasteiger partial charge in [-0.1, -0.05) is 82.0 Å². The van der Waals surface area contributed by atoms with Crippen molar-refractivity contribution in [1.29, 1.82) is 0 Å². The van der Waals surface area contributed by atoms with Crippen molar-refractivity contribution in [3.8, 4) is 5.75 Å². The molecule has 3 N–H and O–H groups in total. The minimum absolute atomic E-state index is 0.0183. The number of rotatable bonds is 12. The topological polar surface area (TPSA) is 177 Å². The van der Waals surface area contributed by atoms with Gasteiger partial charge in [0.15, 0.2) is 22.3 Å². The Balaban J connectivity index is 0.000000184. The molecule has 4 heterocycles. The van der Waals surface area contributed by atoms with E-state index in [0.717, 1.165) is 64.5 Å². The van der Waals surface area contributed by atoms with Gasteiger partial charge in [-0.25, -0.2) is 9.59 Å². The highest BCUT2D eigenvalue weighted by Crippen LogP contribution is 2.34. The third-order valence-electron chi connectivity index (χ3n) is 11.7. The summed E-state index contributed by atoms with van der Waals surface area (Å²) in [6, 6.07) is 18.0. The highest BCUT2D eigenvalue weighted by molar-refractivity contribution is 5.75. The lowest BCUT2D eigenvalue weighted by atomic mass is 9.99. The van der Waals surface area contributed by atoms with Crippen LogP contribution in [-0.4, -0.2) is 67.8 Å². The Bertz CT molecular complexity index is 2670. The van der Waals surface area contributed by atoms with Crippen LogP contribution in [0.5, 0.6) is 5.75 Å². The van der Waals surface area contributed by atoms with E-state index in [2.05, 4.69) is 15.6 Å². The number of hydrogen-bond acceptors (Lipinski definition) is 10. The van der Waals surface area contributed by atoms with Crippen LogP contribution in [0, 0.1) is 5.92 Å². The van der Waals surface area contributed by atoms with Crippen LogP contribution in [0.25, 0.3) is 22.3 Å². The fourth-order valence-corrected chi connectivity index (χ4v) is 8.39. The molecule has 0 amide bonds. The van der Waals surface area contributed by atoms with Crippen molar-refractivity contribution in [2.75, 3.05) is 24.4 Å². The Morgan fingerprint density at radius 1 is 0.729 bits per heavy atom. The van der Waals surface area contributed by atoms with Gasteiger partial charge < -0.3 is 20.5 Å². The second-order valence-electron chi connectivity index (χ2n) is 16.5. The van der Waals surface area contributed by atoms with Crippen LogP contribution in [0.4, 0.5) is 11.9 Å². The van der Waals surface area contributed by atoms with Gasteiger partial charge in [-0.15, -0.1) is 0 Å². The van der Waals surface area contributed by atoms with Gasteiger partial charge in [0.1, 0.15) is 5.75 Å². The zero-order chi connectivity index (χ0) is 42.0. The first-order valence-corrected chi connectivity index (χ1v) is 20.5. The van der Waals surface area contributed by atoms with E-state index in [9.17, 15) is 24.3 Å². The van der Waals surface area contributed by atoms with Gasteiger partial charge in [0.25, 0.3) is 11.1 Å². The molecule has 2 aromatic carbocycles. The number of imidazole rings is 2. The molecule has 2 fully saturated rings. The lowest BCUT2D eigenvalue weighted by molar-refractivity contribution is 0.213. The summed E-state index contributed by atoms with van der Waals surface area (Å²) in [6.07, 6.45) is 8.31. The molecule has 0 saturated heterocycles. The van der Waals surface area contributed by atoms with Gasteiger partial charge in [0, 0.05) is 33.7 Å². The van der Waals surface area contributed by atoms with Gasteiger partial charge in [0.2, 0.25) is 11.9 Å². The number of aliphatic hydroxyl groups excluding tert-OH is 1. The SMILES string of the molecule is COc1ccc(Cn2c(NC3(CO)CCCC3)nc3c2c(=O)n(C)c(=O)n3CC(C)C)cc1.Cn1c(=O)c2c(nc(NC3CCCC3)n2Cc2ccccc2)n(C)c1=O. The normalized spacial score (nSPS) is 15.3. The number of aromatic nitrogens is 8. The molecule has 0 radical (unpaired) electrons. The molecule has 0 atom stereocenters. The molecule has 59 heavy (non-hydrogen) atoms. The molecule has 2 saturated carbocycles. The second-order valence-corrected chi connectivity index (χ2v) is 16.5. The van der Waals surface area contributed by atoms with Crippen molar-refractivity contribution >= 4 is 34.2 Å². The quantitative estimate of drug-likeness (QED) is 0.163. The smallest absolute Gasteiger partial charge is 0.332 e. The van der Waals surface area contributed by atoms with Gasteiger partial charge in [0.05, 0.1) is 32.3 Å². The van der Waals surface area contributed by atoms with Crippen LogP contribution in [0.3, 0.4) is 0 Å². The van der Waals surface area contributed by atoms with E-state index in [-0.39, 0.29) is 35.0 Å². The standard InChI is InChI=1S/C24H33N5O4.C19H23N5O2/c1-16(2)13-29-20-19(21(31)27(3)23(29)32)28(14-17-7-9-18(33-4)10-8-17)22(25-20)26-24(15-30)11-5-6-12-24;1-22-16-15(17(25)23(2)19(22)26)24(12-13-8-4-3-5-9-13)18(21-16)20-14-10-6-7-11-14/h7-10,16,30H,5-6,11-15H2,1-4H3,(H,25,26);3-5,8-9,14H,6-7,10-12H2,1-2H3,(H,20,21). The highest BCUT2D eigenvalue weighted by atomic mass is 16.5. The van der Waals surface area contributed by atoms with E-state index < -0.39 is 5.54 Å². The third-order valence-corrected chi connectivity index (χ3v) is 11.7.